The van der Waals surface area contributed by atoms with Crippen LogP contribution in [-0.2, 0) is 22.6 Å². The minimum Gasteiger partial charge on any atom is -0.494 e. The third kappa shape index (κ3) is 9.00. The van der Waals surface area contributed by atoms with Crippen molar-refractivity contribution in [2.45, 2.75) is 76.9 Å². The van der Waals surface area contributed by atoms with Crippen LogP contribution in [0.25, 0.3) is 0 Å². The van der Waals surface area contributed by atoms with Gasteiger partial charge in [-0.1, -0.05) is 96.6 Å². The number of hydrogen-bond donors (Lipinski definition) is 1. The lowest BCUT2D eigenvalue weighted by atomic mass is 9.94. The van der Waals surface area contributed by atoms with E-state index in [0.29, 0.717) is 29.5 Å². The van der Waals surface area contributed by atoms with E-state index in [1.807, 2.05) is 67.6 Å². The molecule has 1 aliphatic rings. The number of rotatable bonds is 12. The summed E-state index contributed by atoms with van der Waals surface area (Å²) in [5, 5.41) is 4.26. The molecular weight excluding hydrogens is 543 g/mol. The molecule has 1 unspecified atom stereocenters. The van der Waals surface area contributed by atoms with Gasteiger partial charge >= 0.3 is 0 Å². The maximum atomic E-state index is 13.8. The Kier molecular flexibility index (Phi) is 11.3. The second-order valence-electron chi connectivity index (χ2n) is 10.6. The molecule has 0 saturated heterocycles. The Labute approximate surface area is 247 Å². The first-order valence-electron chi connectivity index (χ1n) is 14.2. The average molecular weight is 582 g/mol. The number of nitrogens with one attached hydrogen (secondary N) is 1. The molecule has 3 aromatic rings. The van der Waals surface area contributed by atoms with Crippen molar-refractivity contribution in [3.05, 3.63) is 99.5 Å². The van der Waals surface area contributed by atoms with Gasteiger partial charge in [0.15, 0.2) is 0 Å². The quantitative estimate of drug-likeness (QED) is 0.225. The third-order valence-corrected chi connectivity index (χ3v) is 7.99. The number of carbonyl (C=O) groups excluding carboxylic acids is 2. The highest BCUT2D eigenvalue weighted by Gasteiger charge is 2.32. The lowest BCUT2D eigenvalue weighted by molar-refractivity contribution is -0.141. The van der Waals surface area contributed by atoms with E-state index < -0.39 is 6.04 Å². The first kappa shape index (κ1) is 30.0. The molecular formula is C33H38Cl2N2O3. The van der Waals surface area contributed by atoms with E-state index in [1.165, 1.54) is 6.42 Å². The van der Waals surface area contributed by atoms with Crippen LogP contribution < -0.4 is 10.1 Å². The van der Waals surface area contributed by atoms with Crippen molar-refractivity contribution in [1.82, 2.24) is 10.2 Å². The fraction of sp³-hybridized carbons (Fsp3) is 0.394. The van der Waals surface area contributed by atoms with Crippen molar-refractivity contribution in [2.75, 3.05) is 6.61 Å². The SMILES string of the molecule is Cc1ccc(OCCCC(=O)N(Cc2ccc(Cl)cc2Cl)C(Cc2ccccc2)C(=O)NC2CCCCC2)cc1. The number of amides is 2. The molecule has 1 saturated carbocycles. The molecule has 4 rings (SSSR count). The Hall–Kier alpha value is -3.02. The standard InChI is InChI=1S/C33H38Cl2N2O3/c1-24-14-18-29(19-15-24)40-20-8-13-32(38)37(23-26-16-17-27(34)22-30(26)35)31(21-25-9-4-2-5-10-25)33(39)36-28-11-6-3-7-12-28/h2,4-5,9-10,14-19,22,28,31H,3,6-8,11-13,20-21,23H2,1H3,(H,36,39). The highest BCUT2D eigenvalue weighted by molar-refractivity contribution is 6.35. The van der Waals surface area contributed by atoms with E-state index in [1.54, 1.807) is 17.0 Å². The van der Waals surface area contributed by atoms with Gasteiger partial charge in [-0.3, -0.25) is 9.59 Å². The summed E-state index contributed by atoms with van der Waals surface area (Å²) >= 11 is 12.7. The van der Waals surface area contributed by atoms with Crippen LogP contribution in [0.4, 0.5) is 0 Å². The zero-order chi connectivity index (χ0) is 28.3. The van der Waals surface area contributed by atoms with Crippen molar-refractivity contribution in [3.63, 3.8) is 0 Å². The van der Waals surface area contributed by atoms with Crippen molar-refractivity contribution >= 4 is 35.0 Å². The van der Waals surface area contributed by atoms with E-state index in [0.717, 1.165) is 48.1 Å². The fourth-order valence-electron chi connectivity index (χ4n) is 5.12. The Balaban J connectivity index is 1.54. The van der Waals surface area contributed by atoms with Gasteiger partial charge in [-0.25, -0.2) is 0 Å². The van der Waals surface area contributed by atoms with Gasteiger partial charge in [0.25, 0.3) is 0 Å². The van der Waals surface area contributed by atoms with Crippen LogP contribution in [-0.4, -0.2) is 35.4 Å². The Morgan fingerprint density at radius 2 is 1.70 bits per heavy atom. The van der Waals surface area contributed by atoms with Gasteiger partial charge in [0.05, 0.1) is 6.61 Å². The van der Waals surface area contributed by atoms with Gasteiger partial charge < -0.3 is 15.0 Å². The lowest BCUT2D eigenvalue weighted by Crippen LogP contribution is -2.52. The van der Waals surface area contributed by atoms with Crippen LogP contribution in [0.1, 0.15) is 61.6 Å². The van der Waals surface area contributed by atoms with Crippen LogP contribution in [0.15, 0.2) is 72.8 Å². The van der Waals surface area contributed by atoms with Gasteiger partial charge in [0.2, 0.25) is 11.8 Å². The van der Waals surface area contributed by atoms with Crippen LogP contribution in [0.3, 0.4) is 0 Å². The highest BCUT2D eigenvalue weighted by Crippen LogP contribution is 2.25. The molecule has 40 heavy (non-hydrogen) atoms. The third-order valence-electron chi connectivity index (χ3n) is 7.40. The molecule has 212 valence electrons. The molecule has 3 aromatic carbocycles. The van der Waals surface area contributed by atoms with E-state index in [2.05, 4.69) is 5.32 Å². The number of carbonyl (C=O) groups is 2. The molecule has 0 aromatic heterocycles. The van der Waals surface area contributed by atoms with Gasteiger partial charge in [-0.2, -0.15) is 0 Å². The maximum Gasteiger partial charge on any atom is 0.243 e. The van der Waals surface area contributed by atoms with E-state index >= 15 is 0 Å². The molecule has 0 radical (unpaired) electrons. The first-order valence-corrected chi connectivity index (χ1v) is 14.9. The molecule has 0 bridgehead atoms. The van der Waals surface area contributed by atoms with Crippen molar-refractivity contribution in [2.24, 2.45) is 0 Å². The second kappa shape index (κ2) is 15.1. The highest BCUT2D eigenvalue weighted by atomic mass is 35.5. The van der Waals surface area contributed by atoms with Gasteiger partial charge in [-0.15, -0.1) is 0 Å². The molecule has 0 heterocycles. The average Bonchev–Trinajstić information content (AvgIpc) is 2.96. The van der Waals surface area contributed by atoms with Gasteiger partial charge in [-0.05, 0) is 61.6 Å². The normalized spacial score (nSPS) is 14.4. The van der Waals surface area contributed by atoms with Crippen LogP contribution in [0, 0.1) is 6.92 Å². The number of aryl methyl sites for hydroxylation is 1. The van der Waals surface area contributed by atoms with Gasteiger partial charge in [0.1, 0.15) is 11.8 Å². The van der Waals surface area contributed by atoms with Crippen molar-refractivity contribution in [1.29, 1.82) is 0 Å². The van der Waals surface area contributed by atoms with Gasteiger partial charge in [0, 0.05) is 35.5 Å². The smallest absolute Gasteiger partial charge is 0.243 e. The van der Waals surface area contributed by atoms with Crippen LogP contribution >= 0.6 is 23.2 Å². The van der Waals surface area contributed by atoms with Crippen molar-refractivity contribution < 1.29 is 14.3 Å². The second-order valence-corrected chi connectivity index (χ2v) is 11.4. The summed E-state index contributed by atoms with van der Waals surface area (Å²) in [4.78, 5) is 29.4. The molecule has 5 nitrogen and oxygen atoms in total. The number of ether oxygens (including phenoxy) is 1. The molecule has 1 N–H and O–H groups in total. The zero-order valence-corrected chi connectivity index (χ0v) is 24.6. The minimum atomic E-state index is -0.679. The molecule has 0 aliphatic heterocycles. The largest absolute Gasteiger partial charge is 0.494 e. The predicted octanol–water partition coefficient (Wildman–Crippen LogP) is 7.55. The summed E-state index contributed by atoms with van der Waals surface area (Å²) in [5.41, 5.74) is 2.91. The summed E-state index contributed by atoms with van der Waals surface area (Å²) in [6, 6.07) is 22.4. The topological polar surface area (TPSA) is 58.6 Å². The summed E-state index contributed by atoms with van der Waals surface area (Å²) in [6.45, 7) is 2.64. The lowest BCUT2D eigenvalue weighted by Gasteiger charge is -2.33. The summed E-state index contributed by atoms with van der Waals surface area (Å²) in [7, 11) is 0. The summed E-state index contributed by atoms with van der Waals surface area (Å²) in [6.07, 6.45) is 6.55. The maximum absolute atomic E-state index is 13.8. The predicted molar refractivity (Wildman–Crippen MR) is 162 cm³/mol. The van der Waals surface area contributed by atoms with Crippen LogP contribution in [0.5, 0.6) is 5.75 Å². The Morgan fingerprint density at radius 1 is 0.975 bits per heavy atom. The molecule has 1 fully saturated rings. The fourth-order valence-corrected chi connectivity index (χ4v) is 5.59. The number of nitrogens with zero attached hydrogens (tertiary/aromatic N) is 1. The van der Waals surface area contributed by atoms with E-state index in [-0.39, 0.29) is 30.8 Å². The van der Waals surface area contributed by atoms with E-state index in [9.17, 15) is 9.59 Å². The minimum absolute atomic E-state index is 0.113. The van der Waals surface area contributed by atoms with E-state index in [4.69, 9.17) is 27.9 Å². The van der Waals surface area contributed by atoms with Crippen LogP contribution in [0.2, 0.25) is 10.0 Å². The molecule has 1 aliphatic carbocycles. The zero-order valence-electron chi connectivity index (χ0n) is 23.1. The molecule has 1 atom stereocenters. The summed E-state index contributed by atoms with van der Waals surface area (Å²) < 4.78 is 5.86. The molecule has 7 heteroatoms. The number of benzene rings is 3. The molecule has 2 amide bonds. The first-order chi connectivity index (χ1) is 19.4. The Morgan fingerprint density at radius 3 is 2.40 bits per heavy atom. The summed E-state index contributed by atoms with van der Waals surface area (Å²) in [5.74, 6) is 0.542. The number of halogens is 2. The monoisotopic (exact) mass is 580 g/mol. The number of hydrogen-bond acceptors (Lipinski definition) is 3. The molecule has 0 spiro atoms. The van der Waals surface area contributed by atoms with Crippen molar-refractivity contribution in [3.8, 4) is 5.75 Å². The Bertz CT molecular complexity index is 1240.